The minimum Gasteiger partial charge on any atom is -0.376 e. The first-order chi connectivity index (χ1) is 15.2. The highest BCUT2D eigenvalue weighted by atomic mass is 16.5. The standard InChI is InChI=1S/C23H27N5O3/c24-15-17(22(29)25-16-18-8-7-13-31-18)14-19-21(27-10-4-1-2-5-11-27)26-20-9-3-6-12-28(20)23(19)30/h3,6,9,12,14,18H,1-2,4-5,7-8,10-11,13,16H2,(H,25,29)/b17-14-/t18-/m1/s1. The van der Waals surface area contributed by atoms with Crippen LogP contribution < -0.4 is 15.8 Å². The van der Waals surface area contributed by atoms with Crippen LogP contribution in [0.2, 0.25) is 0 Å². The highest BCUT2D eigenvalue weighted by Crippen LogP contribution is 2.22. The van der Waals surface area contributed by atoms with Crippen molar-refractivity contribution >= 4 is 23.4 Å². The number of rotatable bonds is 5. The molecule has 0 aliphatic carbocycles. The molecule has 0 aromatic carbocycles. The van der Waals surface area contributed by atoms with Crippen LogP contribution in [0.4, 0.5) is 5.82 Å². The molecule has 2 aliphatic rings. The van der Waals surface area contributed by atoms with E-state index < -0.39 is 5.91 Å². The number of carbonyl (C=O) groups is 1. The fourth-order valence-corrected chi connectivity index (χ4v) is 4.14. The molecule has 1 N–H and O–H groups in total. The SMILES string of the molecule is N#C/C(=C/c1c(N2CCCCCC2)nc2ccccn2c1=O)C(=O)NC[C@H]1CCCO1. The van der Waals surface area contributed by atoms with Gasteiger partial charge in [-0.15, -0.1) is 0 Å². The van der Waals surface area contributed by atoms with Gasteiger partial charge >= 0.3 is 0 Å². The molecular formula is C23H27N5O3. The lowest BCUT2D eigenvalue weighted by atomic mass is 10.1. The molecule has 0 bridgehead atoms. The third kappa shape index (κ3) is 4.78. The number of carbonyl (C=O) groups excluding carboxylic acids is 1. The zero-order chi connectivity index (χ0) is 21.6. The van der Waals surface area contributed by atoms with E-state index in [1.54, 1.807) is 18.3 Å². The molecule has 2 aromatic rings. The molecule has 0 saturated carbocycles. The summed E-state index contributed by atoms with van der Waals surface area (Å²) in [7, 11) is 0. The lowest BCUT2D eigenvalue weighted by molar-refractivity contribution is -0.117. The van der Waals surface area contributed by atoms with Gasteiger partial charge in [0.15, 0.2) is 0 Å². The molecule has 1 amide bonds. The van der Waals surface area contributed by atoms with Crippen LogP contribution in [0.5, 0.6) is 0 Å². The van der Waals surface area contributed by atoms with Gasteiger partial charge in [-0.05, 0) is 43.9 Å². The third-order valence-electron chi connectivity index (χ3n) is 5.82. The summed E-state index contributed by atoms with van der Waals surface area (Å²) in [6.45, 7) is 2.64. The van der Waals surface area contributed by atoms with E-state index in [1.807, 2.05) is 12.1 Å². The fraction of sp³-hybridized carbons (Fsp3) is 0.478. The minimum absolute atomic E-state index is 0.0236. The Morgan fingerprint density at radius 3 is 2.77 bits per heavy atom. The molecule has 2 saturated heterocycles. The maximum Gasteiger partial charge on any atom is 0.267 e. The summed E-state index contributed by atoms with van der Waals surface area (Å²) in [5, 5.41) is 12.4. The molecule has 162 valence electrons. The fourth-order valence-electron chi connectivity index (χ4n) is 4.14. The van der Waals surface area contributed by atoms with Gasteiger partial charge in [-0.3, -0.25) is 14.0 Å². The van der Waals surface area contributed by atoms with Gasteiger partial charge < -0.3 is 15.0 Å². The predicted octanol–water partition coefficient (Wildman–Crippen LogP) is 2.28. The van der Waals surface area contributed by atoms with E-state index in [4.69, 9.17) is 9.72 Å². The average Bonchev–Trinajstić information content (AvgIpc) is 3.17. The lowest BCUT2D eigenvalue weighted by Crippen LogP contribution is -2.33. The smallest absolute Gasteiger partial charge is 0.267 e. The highest BCUT2D eigenvalue weighted by molar-refractivity contribution is 6.02. The van der Waals surface area contributed by atoms with E-state index in [0.717, 1.165) is 51.6 Å². The van der Waals surface area contributed by atoms with Crippen molar-refractivity contribution in [3.63, 3.8) is 0 Å². The molecule has 4 heterocycles. The van der Waals surface area contributed by atoms with Crippen molar-refractivity contribution in [3.8, 4) is 6.07 Å². The van der Waals surface area contributed by atoms with Gasteiger partial charge in [0.05, 0.1) is 11.7 Å². The summed E-state index contributed by atoms with van der Waals surface area (Å²) in [4.78, 5) is 32.8. The van der Waals surface area contributed by atoms with Crippen LogP contribution in [0.1, 0.15) is 44.1 Å². The van der Waals surface area contributed by atoms with E-state index in [1.165, 1.54) is 10.5 Å². The molecule has 2 aromatic heterocycles. The van der Waals surface area contributed by atoms with Crippen LogP contribution in [-0.2, 0) is 9.53 Å². The van der Waals surface area contributed by atoms with Crippen molar-refractivity contribution in [2.24, 2.45) is 0 Å². The number of nitriles is 1. The van der Waals surface area contributed by atoms with Crippen LogP contribution in [0.25, 0.3) is 11.7 Å². The molecule has 0 radical (unpaired) electrons. The summed E-state index contributed by atoms with van der Waals surface area (Å²) in [5.74, 6) is 0.0372. The number of nitrogens with zero attached hydrogens (tertiary/aromatic N) is 4. The monoisotopic (exact) mass is 421 g/mol. The second kappa shape index (κ2) is 9.75. The van der Waals surface area contributed by atoms with Crippen molar-refractivity contribution in [2.75, 3.05) is 31.1 Å². The summed E-state index contributed by atoms with van der Waals surface area (Å²) in [6, 6.07) is 7.34. The number of aromatic nitrogens is 2. The number of amides is 1. The van der Waals surface area contributed by atoms with Gasteiger partial charge in [-0.2, -0.15) is 5.26 Å². The molecule has 4 rings (SSSR count). The third-order valence-corrected chi connectivity index (χ3v) is 5.82. The number of fused-ring (bicyclic) bond motifs is 1. The average molecular weight is 422 g/mol. The molecular weight excluding hydrogens is 394 g/mol. The largest absolute Gasteiger partial charge is 0.376 e. The van der Waals surface area contributed by atoms with Gasteiger partial charge in [0, 0.05) is 32.4 Å². The van der Waals surface area contributed by atoms with E-state index in [9.17, 15) is 14.9 Å². The Labute approximate surface area is 181 Å². The first-order valence-corrected chi connectivity index (χ1v) is 11.0. The summed E-state index contributed by atoms with van der Waals surface area (Å²) < 4.78 is 6.98. The molecule has 0 unspecified atom stereocenters. The number of anilines is 1. The lowest BCUT2D eigenvalue weighted by Gasteiger charge is -2.23. The van der Waals surface area contributed by atoms with Gasteiger partial charge in [0.1, 0.15) is 23.1 Å². The first-order valence-electron chi connectivity index (χ1n) is 11.0. The van der Waals surface area contributed by atoms with E-state index in [0.29, 0.717) is 24.6 Å². The maximum atomic E-state index is 13.3. The Balaban J connectivity index is 1.72. The molecule has 31 heavy (non-hydrogen) atoms. The summed E-state index contributed by atoms with van der Waals surface area (Å²) in [5.41, 5.74) is 0.424. The number of hydrogen-bond donors (Lipinski definition) is 1. The zero-order valence-corrected chi connectivity index (χ0v) is 17.5. The maximum absolute atomic E-state index is 13.3. The van der Waals surface area contributed by atoms with E-state index >= 15 is 0 Å². The van der Waals surface area contributed by atoms with E-state index in [-0.39, 0.29) is 22.8 Å². The van der Waals surface area contributed by atoms with Crippen molar-refractivity contribution in [1.82, 2.24) is 14.7 Å². The van der Waals surface area contributed by atoms with Crippen molar-refractivity contribution in [2.45, 2.75) is 44.6 Å². The van der Waals surface area contributed by atoms with Gasteiger partial charge in [0.2, 0.25) is 0 Å². The summed E-state index contributed by atoms with van der Waals surface area (Å²) >= 11 is 0. The zero-order valence-electron chi connectivity index (χ0n) is 17.5. The highest BCUT2D eigenvalue weighted by Gasteiger charge is 2.22. The topological polar surface area (TPSA) is 99.7 Å². The Morgan fingerprint density at radius 1 is 1.26 bits per heavy atom. The Morgan fingerprint density at radius 2 is 2.06 bits per heavy atom. The number of pyridine rings is 1. The molecule has 1 atom stereocenters. The van der Waals surface area contributed by atoms with E-state index in [2.05, 4.69) is 10.2 Å². The predicted molar refractivity (Wildman–Crippen MR) is 118 cm³/mol. The van der Waals surface area contributed by atoms with Crippen molar-refractivity contribution < 1.29 is 9.53 Å². The Kier molecular flexibility index (Phi) is 6.63. The van der Waals surface area contributed by atoms with Crippen LogP contribution >= 0.6 is 0 Å². The second-order valence-electron chi connectivity index (χ2n) is 8.00. The number of nitrogens with one attached hydrogen (secondary N) is 1. The first kappa shape index (κ1) is 21.1. The van der Waals surface area contributed by atoms with Crippen LogP contribution in [0, 0.1) is 11.3 Å². The van der Waals surface area contributed by atoms with Gasteiger partial charge in [-0.1, -0.05) is 18.9 Å². The van der Waals surface area contributed by atoms with Gasteiger partial charge in [0.25, 0.3) is 11.5 Å². The van der Waals surface area contributed by atoms with Crippen molar-refractivity contribution in [1.29, 1.82) is 5.26 Å². The quantitative estimate of drug-likeness (QED) is 0.587. The molecule has 8 nitrogen and oxygen atoms in total. The molecule has 8 heteroatoms. The molecule has 2 fully saturated rings. The normalized spacial score (nSPS) is 19.8. The number of ether oxygens (including phenoxy) is 1. The van der Waals surface area contributed by atoms with Crippen LogP contribution in [0.3, 0.4) is 0 Å². The van der Waals surface area contributed by atoms with Crippen LogP contribution in [0.15, 0.2) is 34.8 Å². The van der Waals surface area contributed by atoms with Crippen molar-refractivity contribution in [3.05, 3.63) is 45.9 Å². The minimum atomic E-state index is -0.502. The van der Waals surface area contributed by atoms with Crippen LogP contribution in [-0.4, -0.2) is 47.6 Å². The number of hydrogen-bond acceptors (Lipinski definition) is 6. The Hall–Kier alpha value is -3.18. The molecule has 2 aliphatic heterocycles. The Bertz CT molecular complexity index is 1070. The molecule has 0 spiro atoms. The van der Waals surface area contributed by atoms with Gasteiger partial charge in [-0.25, -0.2) is 4.98 Å². The second-order valence-corrected chi connectivity index (χ2v) is 8.00. The summed E-state index contributed by atoms with van der Waals surface area (Å²) in [6.07, 6.45) is 9.20.